The molecule has 1 fully saturated rings. The number of aromatic nitrogens is 2. The van der Waals surface area contributed by atoms with Crippen LogP contribution in [0.3, 0.4) is 0 Å². The molecular formula is C22H22N4O4S. The Bertz CT molecular complexity index is 1150. The normalized spacial score (nSPS) is 14.7. The molecule has 1 amide bonds. The number of amides is 1. The van der Waals surface area contributed by atoms with Gasteiger partial charge in [0, 0.05) is 25.5 Å². The van der Waals surface area contributed by atoms with E-state index in [1.54, 1.807) is 18.2 Å². The Balaban J connectivity index is 1.69. The maximum absolute atomic E-state index is 13.1. The summed E-state index contributed by atoms with van der Waals surface area (Å²) >= 11 is 0. The van der Waals surface area contributed by atoms with Crippen LogP contribution in [0.15, 0.2) is 72.0 Å². The highest BCUT2D eigenvalue weighted by Crippen LogP contribution is 2.33. The SMILES string of the molecule is O=C(Nc1cc(S(=O)(=O)N2CCCCC2)ccc1Oc1ccccc1)c1cnccn1. The van der Waals surface area contributed by atoms with Gasteiger partial charge in [-0.2, -0.15) is 4.31 Å². The van der Waals surface area contributed by atoms with Gasteiger partial charge in [-0.3, -0.25) is 9.78 Å². The zero-order valence-electron chi connectivity index (χ0n) is 16.8. The predicted molar refractivity (Wildman–Crippen MR) is 116 cm³/mol. The zero-order chi connectivity index (χ0) is 21.7. The molecule has 1 aliphatic rings. The molecular weight excluding hydrogens is 416 g/mol. The summed E-state index contributed by atoms with van der Waals surface area (Å²) in [5, 5.41) is 2.71. The highest BCUT2D eigenvalue weighted by Gasteiger charge is 2.27. The molecule has 8 nitrogen and oxygen atoms in total. The fraction of sp³-hybridized carbons (Fsp3) is 0.227. The number of nitrogens with zero attached hydrogens (tertiary/aromatic N) is 3. The van der Waals surface area contributed by atoms with Gasteiger partial charge in [-0.25, -0.2) is 13.4 Å². The standard InChI is InChI=1S/C22H22N4O4S/c27-22(20-16-23-11-12-24-20)25-19-15-18(31(28,29)26-13-5-2-6-14-26)9-10-21(19)30-17-7-3-1-4-8-17/h1,3-4,7-12,15-16H,2,5-6,13-14H2,(H,25,27). The number of ether oxygens (including phenoxy) is 1. The van der Waals surface area contributed by atoms with Gasteiger partial charge < -0.3 is 10.1 Å². The van der Waals surface area contributed by atoms with Crippen LogP contribution in [0.1, 0.15) is 29.8 Å². The zero-order valence-corrected chi connectivity index (χ0v) is 17.6. The highest BCUT2D eigenvalue weighted by molar-refractivity contribution is 7.89. The van der Waals surface area contributed by atoms with E-state index in [1.165, 1.54) is 35.0 Å². The topological polar surface area (TPSA) is 101 Å². The second kappa shape index (κ2) is 9.23. The molecule has 0 spiro atoms. The van der Waals surface area contributed by atoms with Crippen LogP contribution in [0, 0.1) is 0 Å². The molecule has 0 atom stereocenters. The van der Waals surface area contributed by atoms with Gasteiger partial charge in [0.05, 0.1) is 16.8 Å². The number of hydrogen-bond acceptors (Lipinski definition) is 6. The Morgan fingerprint density at radius 2 is 1.77 bits per heavy atom. The number of benzene rings is 2. The van der Waals surface area contributed by atoms with Gasteiger partial charge in [-0.1, -0.05) is 24.6 Å². The molecule has 1 N–H and O–H groups in total. The van der Waals surface area contributed by atoms with E-state index < -0.39 is 15.9 Å². The van der Waals surface area contributed by atoms with Crippen LogP contribution in [0.2, 0.25) is 0 Å². The van der Waals surface area contributed by atoms with E-state index >= 15 is 0 Å². The van der Waals surface area contributed by atoms with Crippen molar-refractivity contribution >= 4 is 21.6 Å². The number of carbonyl (C=O) groups excluding carboxylic acids is 1. The van der Waals surface area contributed by atoms with E-state index in [0.717, 1.165) is 19.3 Å². The van der Waals surface area contributed by atoms with E-state index in [1.807, 2.05) is 18.2 Å². The minimum absolute atomic E-state index is 0.101. The number of piperidine rings is 1. The summed E-state index contributed by atoms with van der Waals surface area (Å²) in [6.45, 7) is 0.984. The minimum Gasteiger partial charge on any atom is -0.455 e. The Morgan fingerprint density at radius 3 is 2.48 bits per heavy atom. The Morgan fingerprint density at radius 1 is 1.00 bits per heavy atom. The molecule has 0 unspecified atom stereocenters. The first kappa shape index (κ1) is 21.0. The first-order chi connectivity index (χ1) is 15.0. The third-order valence-corrected chi connectivity index (χ3v) is 6.81. The van der Waals surface area contributed by atoms with Crippen molar-refractivity contribution in [3.63, 3.8) is 0 Å². The average Bonchev–Trinajstić information content (AvgIpc) is 2.82. The number of hydrogen-bond donors (Lipinski definition) is 1. The summed E-state index contributed by atoms with van der Waals surface area (Å²) in [4.78, 5) is 20.6. The van der Waals surface area contributed by atoms with Crippen molar-refractivity contribution in [3.05, 3.63) is 72.8 Å². The van der Waals surface area contributed by atoms with E-state index in [-0.39, 0.29) is 16.3 Å². The fourth-order valence-electron chi connectivity index (χ4n) is 3.33. The summed E-state index contributed by atoms with van der Waals surface area (Å²) in [5.41, 5.74) is 0.343. The lowest BCUT2D eigenvalue weighted by molar-refractivity contribution is 0.102. The summed E-state index contributed by atoms with van der Waals surface area (Å²) in [6.07, 6.45) is 6.91. The molecule has 4 rings (SSSR count). The van der Waals surface area contributed by atoms with E-state index in [9.17, 15) is 13.2 Å². The van der Waals surface area contributed by atoms with Gasteiger partial charge in [-0.05, 0) is 43.2 Å². The maximum atomic E-state index is 13.1. The molecule has 3 aromatic rings. The molecule has 1 saturated heterocycles. The highest BCUT2D eigenvalue weighted by atomic mass is 32.2. The summed E-state index contributed by atoms with van der Waals surface area (Å²) in [7, 11) is -3.68. The van der Waals surface area contributed by atoms with Crippen molar-refractivity contribution in [3.8, 4) is 11.5 Å². The predicted octanol–water partition coefficient (Wildman–Crippen LogP) is 3.70. The molecule has 1 aromatic heterocycles. The van der Waals surface area contributed by atoms with Crippen molar-refractivity contribution in [1.29, 1.82) is 0 Å². The first-order valence-corrected chi connectivity index (χ1v) is 11.4. The Labute approximate surface area is 181 Å². The maximum Gasteiger partial charge on any atom is 0.275 e. The minimum atomic E-state index is -3.68. The largest absolute Gasteiger partial charge is 0.455 e. The molecule has 1 aliphatic heterocycles. The van der Waals surface area contributed by atoms with Gasteiger partial charge in [0.25, 0.3) is 5.91 Å². The van der Waals surface area contributed by atoms with Gasteiger partial charge in [-0.15, -0.1) is 0 Å². The second-order valence-corrected chi connectivity index (χ2v) is 9.02. The number of anilines is 1. The van der Waals surface area contributed by atoms with E-state index in [0.29, 0.717) is 24.6 Å². The molecule has 2 aromatic carbocycles. The van der Waals surface area contributed by atoms with Crippen molar-refractivity contribution in [1.82, 2.24) is 14.3 Å². The van der Waals surface area contributed by atoms with Crippen LogP contribution >= 0.6 is 0 Å². The van der Waals surface area contributed by atoms with Gasteiger partial charge in [0.2, 0.25) is 10.0 Å². The van der Waals surface area contributed by atoms with Crippen LogP contribution in [0.25, 0.3) is 0 Å². The van der Waals surface area contributed by atoms with E-state index in [2.05, 4.69) is 15.3 Å². The molecule has 0 bridgehead atoms. The number of para-hydroxylation sites is 1. The molecule has 0 saturated carbocycles. The first-order valence-electron chi connectivity index (χ1n) is 9.98. The van der Waals surface area contributed by atoms with Gasteiger partial charge in [0.15, 0.2) is 5.75 Å². The van der Waals surface area contributed by atoms with Crippen molar-refractivity contribution in [2.75, 3.05) is 18.4 Å². The number of nitrogens with one attached hydrogen (secondary N) is 1. The van der Waals surface area contributed by atoms with Crippen LogP contribution in [-0.4, -0.2) is 41.7 Å². The monoisotopic (exact) mass is 438 g/mol. The molecule has 0 radical (unpaired) electrons. The number of sulfonamides is 1. The third-order valence-electron chi connectivity index (χ3n) is 4.92. The Kier molecular flexibility index (Phi) is 6.24. The fourth-order valence-corrected chi connectivity index (χ4v) is 4.87. The summed E-state index contributed by atoms with van der Waals surface area (Å²) in [6, 6.07) is 13.5. The van der Waals surface area contributed by atoms with Gasteiger partial charge >= 0.3 is 0 Å². The second-order valence-electron chi connectivity index (χ2n) is 7.08. The van der Waals surface area contributed by atoms with Gasteiger partial charge in [0.1, 0.15) is 11.4 Å². The van der Waals surface area contributed by atoms with Crippen LogP contribution < -0.4 is 10.1 Å². The molecule has 160 valence electrons. The summed E-state index contributed by atoms with van der Waals surface area (Å²) < 4.78 is 33.6. The van der Waals surface area contributed by atoms with Crippen LogP contribution in [0.4, 0.5) is 5.69 Å². The third kappa shape index (κ3) is 4.89. The number of rotatable bonds is 6. The molecule has 9 heteroatoms. The molecule has 31 heavy (non-hydrogen) atoms. The quantitative estimate of drug-likeness (QED) is 0.630. The van der Waals surface area contributed by atoms with E-state index in [4.69, 9.17) is 4.74 Å². The molecule has 2 heterocycles. The molecule has 0 aliphatic carbocycles. The van der Waals surface area contributed by atoms with Crippen molar-refractivity contribution in [2.24, 2.45) is 0 Å². The average molecular weight is 439 g/mol. The van der Waals surface area contributed by atoms with Crippen molar-refractivity contribution in [2.45, 2.75) is 24.2 Å². The Hall–Kier alpha value is -3.30. The van der Waals surface area contributed by atoms with Crippen molar-refractivity contribution < 1.29 is 17.9 Å². The van der Waals surface area contributed by atoms with Crippen LogP contribution in [0.5, 0.6) is 11.5 Å². The lowest BCUT2D eigenvalue weighted by Gasteiger charge is -2.26. The summed E-state index contributed by atoms with van der Waals surface area (Å²) in [5.74, 6) is 0.365. The smallest absolute Gasteiger partial charge is 0.275 e. The number of carbonyl (C=O) groups is 1. The van der Waals surface area contributed by atoms with Crippen LogP contribution in [-0.2, 0) is 10.0 Å². The lowest BCUT2D eigenvalue weighted by Crippen LogP contribution is -2.35. The lowest BCUT2D eigenvalue weighted by atomic mass is 10.2.